The van der Waals surface area contributed by atoms with E-state index in [0.717, 1.165) is 42.9 Å². The van der Waals surface area contributed by atoms with Gasteiger partial charge in [-0.15, -0.1) is 0 Å². The van der Waals surface area contributed by atoms with Crippen molar-refractivity contribution >= 4 is 0 Å². The van der Waals surface area contributed by atoms with Crippen LogP contribution < -0.4 is 0 Å². The van der Waals surface area contributed by atoms with Gasteiger partial charge in [-0.3, -0.25) is 4.98 Å². The fourth-order valence-corrected chi connectivity index (χ4v) is 9.58. The smallest absolute Gasteiger partial charge is 0.101 e. The number of fused-ring (bicyclic) bond motifs is 5. The fourth-order valence-electron chi connectivity index (χ4n) is 9.58. The van der Waals surface area contributed by atoms with Gasteiger partial charge in [0.15, 0.2) is 0 Å². The molecule has 1 unspecified atom stereocenters. The molecule has 4 saturated carbocycles. The normalized spacial score (nSPS) is 46.4. The number of hydrogen-bond donors (Lipinski definition) is 1. The molecule has 1 aromatic rings. The number of aromatic nitrogens is 1. The van der Waals surface area contributed by atoms with E-state index in [0.29, 0.717) is 28.2 Å². The number of hydrogen-bond acceptors (Lipinski definition) is 3. The maximum absolute atomic E-state index is 10.7. The van der Waals surface area contributed by atoms with Gasteiger partial charge in [0, 0.05) is 12.4 Å². The minimum atomic E-state index is -0.439. The van der Waals surface area contributed by atoms with Gasteiger partial charge in [0.1, 0.15) is 6.07 Å². The van der Waals surface area contributed by atoms with Gasteiger partial charge in [-0.2, -0.15) is 5.26 Å². The average Bonchev–Trinajstić information content (AvgIpc) is 3.11. The molecule has 1 aromatic heterocycles. The summed E-state index contributed by atoms with van der Waals surface area (Å²) in [6.45, 7) is 9.75. The van der Waals surface area contributed by atoms with Crippen LogP contribution in [0.3, 0.4) is 0 Å². The molecule has 0 bridgehead atoms. The van der Waals surface area contributed by atoms with Crippen LogP contribution in [-0.2, 0) is 6.42 Å². The Kier molecular flexibility index (Phi) is 5.48. The third-order valence-electron chi connectivity index (χ3n) is 11.2. The Morgan fingerprint density at radius 1 is 1.03 bits per heavy atom. The van der Waals surface area contributed by atoms with Crippen LogP contribution >= 0.6 is 0 Å². The van der Waals surface area contributed by atoms with E-state index in [9.17, 15) is 10.4 Å². The second-order valence-corrected chi connectivity index (χ2v) is 13.0. The monoisotopic (exact) mass is 434 g/mol. The van der Waals surface area contributed by atoms with Crippen molar-refractivity contribution < 1.29 is 5.11 Å². The number of pyridine rings is 1. The molecule has 4 fully saturated rings. The molecule has 1 heterocycles. The third-order valence-corrected chi connectivity index (χ3v) is 11.2. The molecule has 0 spiro atoms. The summed E-state index contributed by atoms with van der Waals surface area (Å²) in [5.41, 5.74) is 2.37. The van der Waals surface area contributed by atoms with E-state index in [1.165, 1.54) is 50.5 Å². The lowest BCUT2D eigenvalue weighted by Gasteiger charge is -2.62. The van der Waals surface area contributed by atoms with Crippen LogP contribution in [0.1, 0.15) is 96.6 Å². The molecule has 0 saturated heterocycles. The van der Waals surface area contributed by atoms with Gasteiger partial charge in [0.2, 0.25) is 0 Å². The van der Waals surface area contributed by atoms with E-state index < -0.39 is 5.60 Å². The Bertz CT molecular complexity index is 903. The summed E-state index contributed by atoms with van der Waals surface area (Å²) >= 11 is 0. The van der Waals surface area contributed by atoms with Crippen LogP contribution in [0.15, 0.2) is 18.5 Å². The summed E-state index contributed by atoms with van der Waals surface area (Å²) in [6.07, 6.45) is 16.1. The summed E-state index contributed by atoms with van der Waals surface area (Å²) < 4.78 is 0. The Morgan fingerprint density at radius 2 is 1.81 bits per heavy atom. The van der Waals surface area contributed by atoms with Crippen molar-refractivity contribution in [3.8, 4) is 6.07 Å². The second-order valence-electron chi connectivity index (χ2n) is 13.0. The highest BCUT2D eigenvalue weighted by Crippen LogP contribution is 2.68. The van der Waals surface area contributed by atoms with Crippen molar-refractivity contribution in [2.24, 2.45) is 46.3 Å². The van der Waals surface area contributed by atoms with Crippen molar-refractivity contribution in [3.05, 3.63) is 29.6 Å². The van der Waals surface area contributed by atoms with E-state index in [1.807, 2.05) is 12.3 Å². The van der Waals surface area contributed by atoms with Gasteiger partial charge in [0.05, 0.1) is 11.2 Å². The lowest BCUT2D eigenvalue weighted by Crippen LogP contribution is -2.55. The molecule has 5 rings (SSSR count). The minimum Gasteiger partial charge on any atom is -0.390 e. The zero-order valence-corrected chi connectivity index (χ0v) is 20.6. The summed E-state index contributed by atoms with van der Waals surface area (Å²) in [6, 6.07) is 4.28. The van der Waals surface area contributed by atoms with Gasteiger partial charge in [-0.1, -0.05) is 20.8 Å². The molecule has 4 aliphatic carbocycles. The highest BCUT2D eigenvalue weighted by atomic mass is 16.3. The Balaban J connectivity index is 1.33. The van der Waals surface area contributed by atoms with Crippen LogP contribution in [0.5, 0.6) is 0 Å². The first-order chi connectivity index (χ1) is 15.2. The molecule has 3 heteroatoms. The number of nitriles is 1. The second kappa shape index (κ2) is 7.83. The standard InChI is InChI=1S/C29H42N2O/c1-19(13-20-14-21(16-30)18-31-17-20)24-7-8-25-23-6-5-22-15-27(2,32)11-12-28(22,3)26(23)9-10-29(24,25)4/h14,17-19,22-26,32H,5-13,15H2,1-4H3/t19-,22+,23-,24?,25-,26-,27+,28-,29+/m0/s1. The van der Waals surface area contributed by atoms with Crippen LogP contribution in [-0.4, -0.2) is 15.7 Å². The van der Waals surface area contributed by atoms with E-state index in [1.54, 1.807) is 6.20 Å². The molecule has 174 valence electrons. The van der Waals surface area contributed by atoms with Crippen LogP contribution in [0, 0.1) is 57.7 Å². The fraction of sp³-hybridized carbons (Fsp3) is 0.793. The lowest BCUT2D eigenvalue weighted by atomic mass is 9.43. The largest absolute Gasteiger partial charge is 0.390 e. The van der Waals surface area contributed by atoms with Crippen LogP contribution in [0.25, 0.3) is 0 Å². The van der Waals surface area contributed by atoms with Gasteiger partial charge in [-0.05, 0) is 129 Å². The highest BCUT2D eigenvalue weighted by molar-refractivity contribution is 5.29. The van der Waals surface area contributed by atoms with Gasteiger partial charge in [0.25, 0.3) is 0 Å². The zero-order chi connectivity index (χ0) is 22.7. The first-order valence-electron chi connectivity index (χ1n) is 13.2. The minimum absolute atomic E-state index is 0.439. The van der Waals surface area contributed by atoms with Crippen molar-refractivity contribution in [2.75, 3.05) is 0 Å². The quantitative estimate of drug-likeness (QED) is 0.587. The van der Waals surface area contributed by atoms with E-state index in [-0.39, 0.29) is 0 Å². The molecule has 0 radical (unpaired) electrons. The average molecular weight is 435 g/mol. The van der Waals surface area contributed by atoms with E-state index in [4.69, 9.17) is 0 Å². The Hall–Kier alpha value is -1.40. The molecular weight excluding hydrogens is 392 g/mol. The maximum atomic E-state index is 10.7. The lowest BCUT2D eigenvalue weighted by molar-refractivity contribution is -0.147. The summed E-state index contributed by atoms with van der Waals surface area (Å²) in [5.74, 6) is 4.75. The summed E-state index contributed by atoms with van der Waals surface area (Å²) in [5, 5.41) is 20.0. The molecular formula is C29H42N2O. The topological polar surface area (TPSA) is 56.9 Å². The molecule has 0 amide bonds. The van der Waals surface area contributed by atoms with Crippen LogP contribution in [0.4, 0.5) is 0 Å². The predicted octanol–water partition coefficient (Wildman–Crippen LogP) is 6.54. The molecule has 1 N–H and O–H groups in total. The molecule has 4 aliphatic rings. The van der Waals surface area contributed by atoms with E-state index >= 15 is 0 Å². The number of nitrogens with zero attached hydrogens (tertiary/aromatic N) is 2. The van der Waals surface area contributed by atoms with Crippen molar-refractivity contribution in [1.29, 1.82) is 5.26 Å². The van der Waals surface area contributed by atoms with Gasteiger partial charge in [-0.25, -0.2) is 0 Å². The van der Waals surface area contributed by atoms with Crippen molar-refractivity contribution in [3.63, 3.8) is 0 Å². The SMILES string of the molecule is C[C@@H](Cc1cncc(C#N)c1)C1CC[C@H]2[C@@H]3CC[C@@H]4C[C@](C)(O)CC[C@]4(C)[C@H]3CC[C@]12C. The van der Waals surface area contributed by atoms with Crippen molar-refractivity contribution in [1.82, 2.24) is 4.98 Å². The molecule has 32 heavy (non-hydrogen) atoms. The maximum Gasteiger partial charge on any atom is 0.101 e. The molecule has 0 aliphatic heterocycles. The summed E-state index contributed by atoms with van der Waals surface area (Å²) in [7, 11) is 0. The van der Waals surface area contributed by atoms with Crippen LogP contribution in [0.2, 0.25) is 0 Å². The summed E-state index contributed by atoms with van der Waals surface area (Å²) in [4.78, 5) is 4.30. The van der Waals surface area contributed by atoms with Crippen molar-refractivity contribution in [2.45, 2.75) is 97.5 Å². The first kappa shape index (κ1) is 22.4. The first-order valence-corrected chi connectivity index (χ1v) is 13.2. The Morgan fingerprint density at radius 3 is 2.59 bits per heavy atom. The highest BCUT2D eigenvalue weighted by Gasteiger charge is 2.61. The number of aliphatic hydroxyl groups is 1. The Labute approximate surface area is 195 Å². The molecule has 9 atom stereocenters. The molecule has 0 aromatic carbocycles. The third kappa shape index (κ3) is 3.53. The predicted molar refractivity (Wildman–Crippen MR) is 128 cm³/mol. The zero-order valence-electron chi connectivity index (χ0n) is 20.6. The van der Waals surface area contributed by atoms with Gasteiger partial charge >= 0.3 is 0 Å². The number of rotatable bonds is 3. The molecule has 3 nitrogen and oxygen atoms in total. The van der Waals surface area contributed by atoms with Gasteiger partial charge < -0.3 is 5.11 Å². The van der Waals surface area contributed by atoms with E-state index in [2.05, 4.69) is 38.7 Å².